The number of hydrogen-bond acceptors (Lipinski definition) is 4. The fraction of sp³-hybridized carbons (Fsp3) is 0.0698. The SMILES string of the molecule is CC1(C)c2ccccc2-c2ccc(-c3ccc4oc5c(-c6cccc(-c7cccc8c7sc7ccccc78)c6)ncnc5c4c3)cc21. The van der Waals surface area contributed by atoms with E-state index in [9.17, 15) is 0 Å². The van der Waals surface area contributed by atoms with E-state index in [0.29, 0.717) is 5.58 Å². The molecule has 3 aromatic heterocycles. The average Bonchev–Trinajstić information content (AvgIpc) is 3.76. The summed E-state index contributed by atoms with van der Waals surface area (Å²) in [5.74, 6) is 0. The van der Waals surface area contributed by atoms with Crippen LogP contribution in [-0.2, 0) is 5.41 Å². The second kappa shape index (κ2) is 9.71. The van der Waals surface area contributed by atoms with Crippen LogP contribution in [0.5, 0.6) is 0 Å². The molecule has 0 radical (unpaired) electrons. The van der Waals surface area contributed by atoms with Gasteiger partial charge in [0.05, 0.1) is 0 Å². The van der Waals surface area contributed by atoms with Crippen molar-refractivity contribution in [3.8, 4) is 44.6 Å². The van der Waals surface area contributed by atoms with Crippen LogP contribution in [0.3, 0.4) is 0 Å². The van der Waals surface area contributed by atoms with Crippen molar-refractivity contribution in [1.29, 1.82) is 0 Å². The Hall–Kier alpha value is -5.58. The second-order valence-electron chi connectivity index (χ2n) is 13.0. The second-order valence-corrected chi connectivity index (χ2v) is 14.1. The van der Waals surface area contributed by atoms with Gasteiger partial charge in [0.1, 0.15) is 23.1 Å². The van der Waals surface area contributed by atoms with Crippen LogP contribution in [0.4, 0.5) is 0 Å². The monoisotopic (exact) mass is 620 g/mol. The summed E-state index contributed by atoms with van der Waals surface area (Å²) in [6.45, 7) is 4.65. The molecule has 0 aliphatic heterocycles. The number of nitrogens with zero attached hydrogens (tertiary/aromatic N) is 2. The lowest BCUT2D eigenvalue weighted by Crippen LogP contribution is -2.14. The molecule has 222 valence electrons. The zero-order valence-corrected chi connectivity index (χ0v) is 26.7. The minimum Gasteiger partial charge on any atom is -0.452 e. The third kappa shape index (κ3) is 3.85. The number of rotatable bonds is 3. The maximum Gasteiger partial charge on any atom is 0.180 e. The van der Waals surface area contributed by atoms with Gasteiger partial charge in [0.25, 0.3) is 0 Å². The predicted octanol–water partition coefficient (Wildman–Crippen LogP) is 12.1. The molecule has 0 atom stereocenters. The van der Waals surface area contributed by atoms with Gasteiger partial charge in [-0.25, -0.2) is 9.97 Å². The zero-order valence-electron chi connectivity index (χ0n) is 25.9. The first kappa shape index (κ1) is 26.6. The molecular formula is C43H28N2OS. The van der Waals surface area contributed by atoms with Crippen molar-refractivity contribution >= 4 is 53.6 Å². The molecule has 1 aliphatic rings. The Morgan fingerprint density at radius 2 is 1.30 bits per heavy atom. The maximum atomic E-state index is 6.51. The lowest BCUT2D eigenvalue weighted by molar-refractivity contribution is 0.660. The minimum absolute atomic E-state index is 0.0481. The van der Waals surface area contributed by atoms with Crippen LogP contribution >= 0.6 is 11.3 Å². The van der Waals surface area contributed by atoms with Gasteiger partial charge in [-0.3, -0.25) is 0 Å². The number of aromatic nitrogens is 2. The van der Waals surface area contributed by atoms with E-state index >= 15 is 0 Å². The van der Waals surface area contributed by atoms with Crippen LogP contribution in [0.15, 0.2) is 138 Å². The van der Waals surface area contributed by atoms with Gasteiger partial charge < -0.3 is 4.42 Å². The number of furan rings is 1. The smallest absolute Gasteiger partial charge is 0.180 e. The summed E-state index contributed by atoms with van der Waals surface area (Å²) in [7, 11) is 0. The minimum atomic E-state index is -0.0481. The summed E-state index contributed by atoms with van der Waals surface area (Å²) in [4.78, 5) is 9.50. The summed E-state index contributed by atoms with van der Waals surface area (Å²) < 4.78 is 9.12. The summed E-state index contributed by atoms with van der Waals surface area (Å²) >= 11 is 1.85. The molecule has 0 saturated carbocycles. The van der Waals surface area contributed by atoms with Gasteiger partial charge in [-0.2, -0.15) is 0 Å². The Labute approximate surface area is 275 Å². The van der Waals surface area contributed by atoms with Gasteiger partial charge in [0.2, 0.25) is 0 Å². The fourth-order valence-electron chi connectivity index (χ4n) is 7.65. The van der Waals surface area contributed by atoms with E-state index in [1.807, 2.05) is 11.3 Å². The topological polar surface area (TPSA) is 38.9 Å². The number of thiophene rings is 1. The van der Waals surface area contributed by atoms with E-state index in [1.54, 1.807) is 6.33 Å². The quantitative estimate of drug-likeness (QED) is 0.197. The van der Waals surface area contributed by atoms with Gasteiger partial charge in [0, 0.05) is 36.5 Å². The molecule has 0 fully saturated rings. The predicted molar refractivity (Wildman–Crippen MR) is 196 cm³/mol. The molecule has 3 heterocycles. The van der Waals surface area contributed by atoms with Crippen molar-refractivity contribution < 1.29 is 4.42 Å². The molecule has 0 saturated heterocycles. The van der Waals surface area contributed by atoms with E-state index in [0.717, 1.165) is 38.9 Å². The van der Waals surface area contributed by atoms with Gasteiger partial charge in [0.15, 0.2) is 5.58 Å². The first-order valence-electron chi connectivity index (χ1n) is 16.0. The molecule has 0 spiro atoms. The van der Waals surface area contributed by atoms with Crippen LogP contribution in [0.2, 0.25) is 0 Å². The molecule has 0 bridgehead atoms. The highest BCUT2D eigenvalue weighted by Gasteiger charge is 2.35. The zero-order chi connectivity index (χ0) is 31.3. The van der Waals surface area contributed by atoms with Crippen LogP contribution in [0, 0.1) is 0 Å². The standard InChI is InChI=1S/C43H28N2OS/c1-43(2)35-15-5-3-11-30(35)31-19-17-26(23-36(31)43)25-18-20-37-34(22-25)40-41(46-37)39(44-24-45-40)28-10-7-9-27(21-28)29-13-8-14-33-32-12-4-6-16-38(32)47-42(29)33/h3-24H,1-2H3. The Bertz CT molecular complexity index is 2730. The molecule has 6 aromatic carbocycles. The molecule has 0 N–H and O–H groups in total. The van der Waals surface area contributed by atoms with Crippen molar-refractivity contribution in [3.63, 3.8) is 0 Å². The largest absolute Gasteiger partial charge is 0.452 e. The van der Waals surface area contributed by atoms with Crippen molar-refractivity contribution in [3.05, 3.63) is 145 Å². The van der Waals surface area contributed by atoms with Gasteiger partial charge in [-0.05, 0) is 74.8 Å². The Morgan fingerprint density at radius 1 is 0.553 bits per heavy atom. The normalized spacial score (nSPS) is 13.5. The molecule has 10 rings (SSSR count). The van der Waals surface area contributed by atoms with Crippen LogP contribution in [0.25, 0.3) is 86.9 Å². The molecule has 4 heteroatoms. The fourth-order valence-corrected chi connectivity index (χ4v) is 8.89. The Balaban J connectivity index is 1.08. The van der Waals surface area contributed by atoms with Crippen LogP contribution in [0.1, 0.15) is 25.0 Å². The first-order chi connectivity index (χ1) is 23.0. The van der Waals surface area contributed by atoms with E-state index in [2.05, 4.69) is 141 Å². The van der Waals surface area contributed by atoms with Gasteiger partial charge in [-0.15, -0.1) is 11.3 Å². The van der Waals surface area contributed by atoms with Crippen molar-refractivity contribution in [2.45, 2.75) is 19.3 Å². The summed E-state index contributed by atoms with van der Waals surface area (Å²) in [6.07, 6.45) is 1.66. The lowest BCUT2D eigenvalue weighted by atomic mass is 9.81. The molecular weight excluding hydrogens is 593 g/mol. The highest BCUT2D eigenvalue weighted by molar-refractivity contribution is 7.26. The van der Waals surface area contributed by atoms with Gasteiger partial charge >= 0.3 is 0 Å². The summed E-state index contributed by atoms with van der Waals surface area (Å²) in [5.41, 5.74) is 14.3. The molecule has 1 aliphatic carbocycles. The van der Waals surface area contributed by atoms with Crippen LogP contribution in [-0.4, -0.2) is 9.97 Å². The van der Waals surface area contributed by atoms with Gasteiger partial charge in [-0.1, -0.05) is 111 Å². The van der Waals surface area contributed by atoms with Crippen molar-refractivity contribution in [2.75, 3.05) is 0 Å². The van der Waals surface area contributed by atoms with Crippen molar-refractivity contribution in [1.82, 2.24) is 9.97 Å². The summed E-state index contributed by atoms with van der Waals surface area (Å²) in [6, 6.07) is 46.0. The highest BCUT2D eigenvalue weighted by Crippen LogP contribution is 2.50. The first-order valence-corrected chi connectivity index (χ1v) is 16.8. The number of fused-ring (bicyclic) bond motifs is 9. The molecule has 9 aromatic rings. The maximum absolute atomic E-state index is 6.51. The third-order valence-electron chi connectivity index (χ3n) is 10.0. The Morgan fingerprint density at radius 3 is 2.26 bits per heavy atom. The van der Waals surface area contributed by atoms with E-state index < -0.39 is 0 Å². The number of benzene rings is 6. The van der Waals surface area contributed by atoms with Crippen molar-refractivity contribution in [2.24, 2.45) is 0 Å². The van der Waals surface area contributed by atoms with E-state index in [-0.39, 0.29) is 5.41 Å². The molecule has 0 unspecified atom stereocenters. The summed E-state index contributed by atoms with van der Waals surface area (Å²) in [5, 5.41) is 3.59. The van der Waals surface area contributed by atoms with E-state index in [4.69, 9.17) is 14.4 Å². The lowest BCUT2D eigenvalue weighted by Gasteiger charge is -2.22. The van der Waals surface area contributed by atoms with Crippen LogP contribution < -0.4 is 0 Å². The molecule has 0 amide bonds. The third-order valence-corrected chi connectivity index (χ3v) is 11.2. The molecule has 3 nitrogen and oxygen atoms in total. The molecule has 47 heavy (non-hydrogen) atoms. The number of hydrogen-bond donors (Lipinski definition) is 0. The van der Waals surface area contributed by atoms with E-state index in [1.165, 1.54) is 53.6 Å². The average molecular weight is 621 g/mol. The Kier molecular flexibility index (Phi) is 5.50. The highest BCUT2D eigenvalue weighted by atomic mass is 32.1.